The van der Waals surface area contributed by atoms with E-state index in [9.17, 15) is 14.4 Å². The van der Waals surface area contributed by atoms with Gasteiger partial charge in [-0.05, 0) is 25.5 Å². The van der Waals surface area contributed by atoms with Crippen LogP contribution in [0.2, 0.25) is 0 Å². The monoisotopic (exact) mass is 264 g/mol. The first-order chi connectivity index (χ1) is 8.91. The molecule has 0 unspecified atom stereocenters. The molecule has 6 heteroatoms. The molecule has 0 aromatic heterocycles. The summed E-state index contributed by atoms with van der Waals surface area (Å²) in [7, 11) is 0. The smallest absolute Gasteiger partial charge is 0.325 e. The minimum atomic E-state index is -1.13. The number of carbonyl (C=O) groups is 3. The summed E-state index contributed by atoms with van der Waals surface area (Å²) in [4.78, 5) is 33.7. The van der Waals surface area contributed by atoms with Crippen molar-refractivity contribution in [1.29, 1.82) is 0 Å². The molecule has 3 N–H and O–H groups in total. The predicted molar refractivity (Wildman–Crippen MR) is 68.8 cm³/mol. The van der Waals surface area contributed by atoms with Crippen molar-refractivity contribution in [2.45, 2.75) is 19.9 Å². The predicted octanol–water partition coefficient (Wildman–Crippen LogP) is 0.314. The Bertz CT molecular complexity index is 499. The highest BCUT2D eigenvalue weighted by Gasteiger charge is 2.15. The van der Waals surface area contributed by atoms with Gasteiger partial charge in [0.1, 0.15) is 6.04 Å². The molecule has 0 fully saturated rings. The van der Waals surface area contributed by atoms with E-state index < -0.39 is 17.9 Å². The fourth-order valence-electron chi connectivity index (χ4n) is 1.44. The number of carboxylic acid groups (broad SMARTS) is 1. The third kappa shape index (κ3) is 4.42. The lowest BCUT2D eigenvalue weighted by atomic mass is 10.1. The molecule has 0 radical (unpaired) electrons. The number of carboxylic acids is 1. The summed E-state index contributed by atoms with van der Waals surface area (Å²) in [5.41, 5.74) is 1.29. The first-order valence-corrected chi connectivity index (χ1v) is 5.78. The van der Waals surface area contributed by atoms with E-state index in [1.54, 1.807) is 25.1 Å². The van der Waals surface area contributed by atoms with Crippen molar-refractivity contribution < 1.29 is 19.5 Å². The normalized spacial score (nSPS) is 11.5. The fraction of sp³-hybridized carbons (Fsp3) is 0.308. The Labute approximate surface area is 110 Å². The van der Waals surface area contributed by atoms with Crippen LogP contribution in [0.1, 0.15) is 22.8 Å². The van der Waals surface area contributed by atoms with Crippen LogP contribution in [0.4, 0.5) is 0 Å². The van der Waals surface area contributed by atoms with Crippen LogP contribution < -0.4 is 10.6 Å². The molecular weight excluding hydrogens is 248 g/mol. The molecule has 0 saturated carbocycles. The van der Waals surface area contributed by atoms with Gasteiger partial charge in [0.25, 0.3) is 5.91 Å². The zero-order valence-corrected chi connectivity index (χ0v) is 10.8. The van der Waals surface area contributed by atoms with E-state index in [1.807, 2.05) is 6.07 Å². The molecule has 1 aromatic carbocycles. The van der Waals surface area contributed by atoms with Gasteiger partial charge in [-0.25, -0.2) is 0 Å². The van der Waals surface area contributed by atoms with Gasteiger partial charge < -0.3 is 15.7 Å². The van der Waals surface area contributed by atoms with Crippen molar-refractivity contribution in [2.24, 2.45) is 0 Å². The topological polar surface area (TPSA) is 95.5 Å². The van der Waals surface area contributed by atoms with Gasteiger partial charge in [-0.3, -0.25) is 14.4 Å². The average Bonchev–Trinajstić information content (AvgIpc) is 2.36. The van der Waals surface area contributed by atoms with Crippen LogP contribution >= 0.6 is 0 Å². The summed E-state index contributed by atoms with van der Waals surface area (Å²) < 4.78 is 0. The van der Waals surface area contributed by atoms with Crippen molar-refractivity contribution in [3.63, 3.8) is 0 Å². The van der Waals surface area contributed by atoms with Gasteiger partial charge in [0.15, 0.2) is 0 Å². The Hall–Kier alpha value is -2.37. The Morgan fingerprint density at radius 3 is 2.47 bits per heavy atom. The fourth-order valence-corrected chi connectivity index (χ4v) is 1.44. The Kier molecular flexibility index (Phi) is 5.05. The molecule has 0 aliphatic heterocycles. The van der Waals surface area contributed by atoms with Crippen LogP contribution in [0.5, 0.6) is 0 Å². The van der Waals surface area contributed by atoms with E-state index in [0.29, 0.717) is 5.56 Å². The van der Waals surface area contributed by atoms with Gasteiger partial charge in [0, 0.05) is 5.56 Å². The number of nitrogens with one attached hydrogen (secondary N) is 2. The van der Waals surface area contributed by atoms with Crippen LogP contribution in [-0.2, 0) is 9.59 Å². The number of amides is 2. The molecule has 0 heterocycles. The summed E-state index contributed by atoms with van der Waals surface area (Å²) in [5.74, 6) is -2.04. The van der Waals surface area contributed by atoms with Crippen LogP contribution in [0.25, 0.3) is 0 Å². The summed E-state index contributed by atoms with van der Waals surface area (Å²) in [5, 5.41) is 13.3. The van der Waals surface area contributed by atoms with E-state index in [2.05, 4.69) is 10.6 Å². The van der Waals surface area contributed by atoms with Crippen molar-refractivity contribution in [3.8, 4) is 0 Å². The zero-order valence-electron chi connectivity index (χ0n) is 10.8. The average molecular weight is 264 g/mol. The van der Waals surface area contributed by atoms with E-state index >= 15 is 0 Å². The molecular formula is C13H16N2O4. The third-order valence-corrected chi connectivity index (χ3v) is 2.55. The van der Waals surface area contributed by atoms with Crippen LogP contribution in [0, 0.1) is 6.92 Å². The molecule has 2 amide bonds. The molecule has 0 bridgehead atoms. The Morgan fingerprint density at radius 2 is 1.89 bits per heavy atom. The number of hydrogen-bond acceptors (Lipinski definition) is 3. The SMILES string of the molecule is Cc1ccccc1C(=O)NCC(=O)N[C@H](C)C(=O)O. The van der Waals surface area contributed by atoms with Crippen LogP contribution in [0.15, 0.2) is 24.3 Å². The summed E-state index contributed by atoms with van der Waals surface area (Å²) in [6.07, 6.45) is 0. The van der Waals surface area contributed by atoms with Crippen molar-refractivity contribution in [3.05, 3.63) is 35.4 Å². The molecule has 1 atom stereocenters. The van der Waals surface area contributed by atoms with Crippen molar-refractivity contribution in [2.75, 3.05) is 6.54 Å². The molecule has 19 heavy (non-hydrogen) atoms. The van der Waals surface area contributed by atoms with Crippen molar-refractivity contribution >= 4 is 17.8 Å². The summed E-state index contributed by atoms with van der Waals surface area (Å²) in [6, 6.07) is 6.01. The highest BCUT2D eigenvalue weighted by atomic mass is 16.4. The number of benzene rings is 1. The first kappa shape index (κ1) is 14.7. The highest BCUT2D eigenvalue weighted by Crippen LogP contribution is 2.05. The Balaban J connectivity index is 2.49. The second kappa shape index (κ2) is 6.53. The lowest BCUT2D eigenvalue weighted by molar-refractivity contribution is -0.141. The van der Waals surface area contributed by atoms with Crippen LogP contribution in [-0.4, -0.2) is 35.5 Å². The number of carbonyl (C=O) groups excluding carboxylic acids is 2. The van der Waals surface area contributed by atoms with E-state index in [0.717, 1.165) is 5.56 Å². The van der Waals surface area contributed by atoms with Gasteiger partial charge in [0.2, 0.25) is 5.91 Å². The largest absolute Gasteiger partial charge is 0.480 e. The van der Waals surface area contributed by atoms with E-state index in [1.165, 1.54) is 6.92 Å². The third-order valence-electron chi connectivity index (χ3n) is 2.55. The van der Waals surface area contributed by atoms with Gasteiger partial charge in [-0.2, -0.15) is 0 Å². The maximum Gasteiger partial charge on any atom is 0.325 e. The standard InChI is InChI=1S/C13H16N2O4/c1-8-5-3-4-6-10(8)12(17)14-7-11(16)15-9(2)13(18)19/h3-6,9H,7H2,1-2H3,(H,14,17)(H,15,16)(H,18,19)/t9-/m1/s1. The minimum absolute atomic E-state index is 0.259. The lowest BCUT2D eigenvalue weighted by Gasteiger charge is -2.10. The second-order valence-corrected chi connectivity index (χ2v) is 4.13. The van der Waals surface area contributed by atoms with Gasteiger partial charge >= 0.3 is 5.97 Å². The minimum Gasteiger partial charge on any atom is -0.480 e. The summed E-state index contributed by atoms with van der Waals surface area (Å²) in [6.45, 7) is 2.88. The molecule has 6 nitrogen and oxygen atoms in total. The molecule has 0 aliphatic rings. The number of hydrogen-bond donors (Lipinski definition) is 3. The lowest BCUT2D eigenvalue weighted by Crippen LogP contribution is -2.44. The quantitative estimate of drug-likeness (QED) is 0.713. The number of aliphatic carboxylic acids is 1. The van der Waals surface area contributed by atoms with Gasteiger partial charge in [-0.15, -0.1) is 0 Å². The number of rotatable bonds is 5. The van der Waals surface area contributed by atoms with Crippen LogP contribution in [0.3, 0.4) is 0 Å². The highest BCUT2D eigenvalue weighted by molar-refractivity contribution is 5.97. The number of aryl methyl sites for hydroxylation is 1. The van der Waals surface area contributed by atoms with E-state index in [-0.39, 0.29) is 12.5 Å². The second-order valence-electron chi connectivity index (χ2n) is 4.13. The molecule has 0 aliphatic carbocycles. The maximum atomic E-state index is 11.8. The summed E-state index contributed by atoms with van der Waals surface area (Å²) >= 11 is 0. The van der Waals surface area contributed by atoms with Crippen molar-refractivity contribution in [1.82, 2.24) is 10.6 Å². The zero-order chi connectivity index (χ0) is 14.4. The van der Waals surface area contributed by atoms with E-state index in [4.69, 9.17) is 5.11 Å². The molecule has 1 aromatic rings. The molecule has 1 rings (SSSR count). The molecule has 102 valence electrons. The molecule has 0 saturated heterocycles. The van der Waals surface area contributed by atoms with Gasteiger partial charge in [0.05, 0.1) is 6.54 Å². The molecule has 0 spiro atoms. The maximum absolute atomic E-state index is 11.8. The van der Waals surface area contributed by atoms with Gasteiger partial charge in [-0.1, -0.05) is 18.2 Å². The Morgan fingerprint density at radius 1 is 1.26 bits per heavy atom. The first-order valence-electron chi connectivity index (χ1n) is 5.78.